The van der Waals surface area contributed by atoms with E-state index in [4.69, 9.17) is 9.84 Å². The third-order valence-electron chi connectivity index (χ3n) is 2.51. The minimum atomic E-state index is -1.02. The summed E-state index contributed by atoms with van der Waals surface area (Å²) in [5.41, 5.74) is 2.07. The van der Waals surface area contributed by atoms with Gasteiger partial charge < -0.3 is 9.84 Å². The fourth-order valence-electron chi connectivity index (χ4n) is 1.59. The van der Waals surface area contributed by atoms with Gasteiger partial charge in [-0.15, -0.1) is 0 Å². The molecule has 0 aliphatic heterocycles. The molecule has 0 bridgehead atoms. The second kappa shape index (κ2) is 6.47. The van der Waals surface area contributed by atoms with Crippen molar-refractivity contribution in [1.29, 1.82) is 0 Å². The molecule has 0 spiro atoms. The zero-order valence-electron chi connectivity index (χ0n) is 11.0. The molecule has 0 fully saturated rings. The molecule has 0 unspecified atom stereocenters. The molecule has 5 heteroatoms. The molecule has 2 heterocycles. The highest BCUT2D eigenvalue weighted by Gasteiger charge is 2.04. The van der Waals surface area contributed by atoms with E-state index in [9.17, 15) is 4.79 Å². The molecule has 1 N–H and O–H groups in total. The molecule has 0 aliphatic rings. The molecule has 20 heavy (non-hydrogen) atoms. The van der Waals surface area contributed by atoms with E-state index in [2.05, 4.69) is 9.97 Å². The first-order valence-corrected chi connectivity index (χ1v) is 6.06. The quantitative estimate of drug-likeness (QED) is 0.845. The molecule has 2 aromatic heterocycles. The highest BCUT2D eigenvalue weighted by atomic mass is 16.5. The van der Waals surface area contributed by atoms with Gasteiger partial charge in [-0.3, -0.25) is 4.98 Å². The van der Waals surface area contributed by atoms with Crippen molar-refractivity contribution in [3.63, 3.8) is 0 Å². The van der Waals surface area contributed by atoms with E-state index >= 15 is 0 Å². The van der Waals surface area contributed by atoms with Crippen LogP contribution in [0.3, 0.4) is 0 Å². The fraction of sp³-hybridized carbons (Fsp3) is 0.133. The van der Waals surface area contributed by atoms with E-state index in [1.807, 2.05) is 31.2 Å². The monoisotopic (exact) mass is 270 g/mol. The Hall–Kier alpha value is -2.69. The van der Waals surface area contributed by atoms with Crippen molar-refractivity contribution in [2.75, 3.05) is 0 Å². The van der Waals surface area contributed by atoms with E-state index in [-0.39, 0.29) is 0 Å². The Bertz CT molecular complexity index is 624. The molecule has 0 atom stereocenters. The van der Waals surface area contributed by atoms with Crippen LogP contribution in [0.5, 0.6) is 5.75 Å². The third-order valence-corrected chi connectivity index (χ3v) is 2.51. The van der Waals surface area contributed by atoms with Crippen LogP contribution in [0.25, 0.3) is 6.08 Å². The van der Waals surface area contributed by atoms with Crippen LogP contribution in [-0.4, -0.2) is 21.0 Å². The summed E-state index contributed by atoms with van der Waals surface area (Å²) in [4.78, 5) is 19.0. The Morgan fingerprint density at radius 3 is 2.90 bits per heavy atom. The molecule has 5 nitrogen and oxygen atoms in total. The zero-order chi connectivity index (χ0) is 14.4. The van der Waals surface area contributed by atoms with Crippen LogP contribution in [0.4, 0.5) is 0 Å². The van der Waals surface area contributed by atoms with Crippen LogP contribution in [0.1, 0.15) is 17.1 Å². The first kappa shape index (κ1) is 13.7. The first-order valence-electron chi connectivity index (χ1n) is 6.06. The number of aliphatic carboxylic acids is 1. The van der Waals surface area contributed by atoms with Crippen molar-refractivity contribution in [3.05, 3.63) is 59.7 Å². The molecule has 102 valence electrons. The summed E-state index contributed by atoms with van der Waals surface area (Å²) in [5, 5.41) is 8.68. The van der Waals surface area contributed by atoms with Gasteiger partial charge in [0, 0.05) is 18.0 Å². The van der Waals surface area contributed by atoms with E-state index in [0.29, 0.717) is 18.1 Å². The minimum absolute atomic E-state index is 0.305. The summed E-state index contributed by atoms with van der Waals surface area (Å²) in [7, 11) is 0. The predicted molar refractivity (Wildman–Crippen MR) is 74.2 cm³/mol. The number of rotatable bonds is 5. The Labute approximate surface area is 116 Å². The summed E-state index contributed by atoms with van der Waals surface area (Å²) < 4.78 is 5.64. The van der Waals surface area contributed by atoms with Gasteiger partial charge in [0.15, 0.2) is 0 Å². The average Bonchev–Trinajstić information content (AvgIpc) is 2.45. The second-order valence-corrected chi connectivity index (χ2v) is 4.12. The molecule has 0 radical (unpaired) electrons. The minimum Gasteiger partial charge on any atom is -0.485 e. The maximum atomic E-state index is 10.6. The van der Waals surface area contributed by atoms with Gasteiger partial charge in [0.25, 0.3) is 0 Å². The van der Waals surface area contributed by atoms with Crippen molar-refractivity contribution >= 4 is 12.0 Å². The number of nitrogens with zero attached hydrogens (tertiary/aromatic N) is 2. The highest BCUT2D eigenvalue weighted by molar-refractivity contribution is 5.85. The summed E-state index contributed by atoms with van der Waals surface area (Å²) in [6.45, 7) is 2.14. The molecule has 0 amide bonds. The summed E-state index contributed by atoms with van der Waals surface area (Å²) in [6, 6.07) is 9.15. The van der Waals surface area contributed by atoms with E-state index < -0.39 is 5.97 Å². The molecule has 0 aliphatic carbocycles. The summed E-state index contributed by atoms with van der Waals surface area (Å²) in [6.07, 6.45) is 4.15. The van der Waals surface area contributed by atoms with Gasteiger partial charge in [-0.05, 0) is 37.3 Å². The molecule has 0 saturated heterocycles. The largest absolute Gasteiger partial charge is 0.485 e. The Morgan fingerprint density at radius 1 is 1.35 bits per heavy atom. The van der Waals surface area contributed by atoms with Gasteiger partial charge in [0.2, 0.25) is 0 Å². The van der Waals surface area contributed by atoms with Gasteiger partial charge in [0.05, 0.1) is 5.69 Å². The summed E-state index contributed by atoms with van der Waals surface area (Å²) in [5.74, 6) is -0.497. The molecule has 0 aromatic carbocycles. The number of carbonyl (C=O) groups is 1. The van der Waals surface area contributed by atoms with Gasteiger partial charge in [0.1, 0.15) is 18.1 Å². The van der Waals surface area contributed by atoms with Gasteiger partial charge in [-0.2, -0.15) is 0 Å². The molecular formula is C15H14N2O3. The van der Waals surface area contributed by atoms with Crippen LogP contribution in [0.2, 0.25) is 0 Å². The molecule has 2 aromatic rings. The fourth-order valence-corrected chi connectivity index (χ4v) is 1.59. The van der Waals surface area contributed by atoms with Crippen LogP contribution < -0.4 is 4.74 Å². The van der Waals surface area contributed by atoms with Crippen molar-refractivity contribution < 1.29 is 14.6 Å². The molecular weight excluding hydrogens is 256 g/mol. The van der Waals surface area contributed by atoms with Gasteiger partial charge in [-0.1, -0.05) is 6.07 Å². The Kier molecular flexibility index (Phi) is 4.44. The van der Waals surface area contributed by atoms with Crippen LogP contribution >= 0.6 is 0 Å². The van der Waals surface area contributed by atoms with Crippen molar-refractivity contribution in [2.45, 2.75) is 13.5 Å². The Balaban J connectivity index is 2.16. The van der Waals surface area contributed by atoms with E-state index in [0.717, 1.165) is 17.5 Å². The van der Waals surface area contributed by atoms with Gasteiger partial charge >= 0.3 is 5.97 Å². The number of aromatic nitrogens is 2. The highest BCUT2D eigenvalue weighted by Crippen LogP contribution is 2.19. The Morgan fingerprint density at radius 2 is 2.20 bits per heavy atom. The van der Waals surface area contributed by atoms with Crippen molar-refractivity contribution in [3.8, 4) is 5.75 Å². The van der Waals surface area contributed by atoms with Crippen LogP contribution in [0.15, 0.2) is 42.6 Å². The molecule has 2 rings (SSSR count). The maximum absolute atomic E-state index is 10.6. The van der Waals surface area contributed by atoms with Crippen LogP contribution in [0, 0.1) is 6.92 Å². The lowest BCUT2D eigenvalue weighted by Crippen LogP contribution is -2.00. The SMILES string of the molecule is Cc1ccc(OCc2ccccn2)c(C=CC(=O)O)n1. The third kappa shape index (κ3) is 3.91. The maximum Gasteiger partial charge on any atom is 0.328 e. The topological polar surface area (TPSA) is 72.3 Å². The normalized spacial score (nSPS) is 10.7. The number of pyridine rings is 2. The van der Waals surface area contributed by atoms with Crippen LogP contribution in [-0.2, 0) is 11.4 Å². The number of hydrogen-bond acceptors (Lipinski definition) is 4. The standard InChI is InChI=1S/C15H14N2O3/c1-11-5-7-14(13(17-11)6-8-15(18)19)20-10-12-4-2-3-9-16-12/h2-9H,10H2,1H3,(H,18,19). The lowest BCUT2D eigenvalue weighted by Gasteiger charge is -2.08. The summed E-state index contributed by atoms with van der Waals surface area (Å²) >= 11 is 0. The number of ether oxygens (including phenoxy) is 1. The van der Waals surface area contributed by atoms with E-state index in [1.54, 1.807) is 12.3 Å². The lowest BCUT2D eigenvalue weighted by molar-refractivity contribution is -0.131. The van der Waals surface area contributed by atoms with Gasteiger partial charge in [-0.25, -0.2) is 9.78 Å². The number of carboxylic acid groups (broad SMARTS) is 1. The number of aryl methyl sites for hydroxylation is 1. The smallest absolute Gasteiger partial charge is 0.328 e. The van der Waals surface area contributed by atoms with Crippen molar-refractivity contribution in [2.24, 2.45) is 0 Å². The predicted octanol–water partition coefficient (Wildman–Crippen LogP) is 2.46. The number of hydrogen-bond donors (Lipinski definition) is 1. The van der Waals surface area contributed by atoms with Crippen molar-refractivity contribution in [1.82, 2.24) is 9.97 Å². The molecule has 0 saturated carbocycles. The first-order chi connectivity index (χ1) is 9.65. The number of carboxylic acids is 1. The van der Waals surface area contributed by atoms with E-state index in [1.165, 1.54) is 6.08 Å². The second-order valence-electron chi connectivity index (χ2n) is 4.12. The average molecular weight is 270 g/mol. The lowest BCUT2D eigenvalue weighted by atomic mass is 10.2. The zero-order valence-corrected chi connectivity index (χ0v) is 11.0.